The first-order valence-electron chi connectivity index (χ1n) is 8.78. The Bertz CT molecular complexity index is 1220. The summed E-state index contributed by atoms with van der Waals surface area (Å²) in [5.41, 5.74) is 1.58. The number of amides is 1. The van der Waals surface area contributed by atoms with Crippen LogP contribution in [0, 0.1) is 0 Å². The van der Waals surface area contributed by atoms with Gasteiger partial charge in [0.05, 0.1) is 17.1 Å². The first kappa shape index (κ1) is 19.2. The highest BCUT2D eigenvalue weighted by molar-refractivity contribution is 8.00. The van der Waals surface area contributed by atoms with Gasteiger partial charge in [-0.3, -0.25) is 9.59 Å². The van der Waals surface area contributed by atoms with Gasteiger partial charge in [-0.15, -0.1) is 0 Å². The SMILES string of the molecule is C[C@@H](Sc1nc2c(cnn2-c2ccccc2)c(=O)[nH]1)C(=O)Nc1ccc(Cl)cc1. The highest BCUT2D eigenvalue weighted by atomic mass is 35.5. The smallest absolute Gasteiger partial charge is 0.262 e. The fourth-order valence-corrected chi connectivity index (χ4v) is 3.63. The summed E-state index contributed by atoms with van der Waals surface area (Å²) >= 11 is 7.03. The minimum atomic E-state index is -0.487. The number of aromatic nitrogens is 4. The summed E-state index contributed by atoms with van der Waals surface area (Å²) in [5.74, 6) is -0.211. The number of H-pyrrole nitrogens is 1. The van der Waals surface area contributed by atoms with Gasteiger partial charge >= 0.3 is 0 Å². The summed E-state index contributed by atoms with van der Waals surface area (Å²) in [7, 11) is 0. The zero-order valence-corrected chi connectivity index (χ0v) is 16.9. The second-order valence-electron chi connectivity index (χ2n) is 6.26. The van der Waals surface area contributed by atoms with E-state index in [1.807, 2.05) is 30.3 Å². The quantitative estimate of drug-likeness (QED) is 0.374. The molecule has 2 aromatic carbocycles. The number of hydrogen-bond acceptors (Lipinski definition) is 5. The minimum absolute atomic E-state index is 0.211. The molecule has 2 aromatic heterocycles. The maximum atomic E-state index is 12.5. The molecule has 2 N–H and O–H groups in total. The van der Waals surface area contributed by atoms with Gasteiger partial charge in [0.2, 0.25) is 5.91 Å². The predicted molar refractivity (Wildman–Crippen MR) is 115 cm³/mol. The first-order chi connectivity index (χ1) is 14.0. The molecular weight excluding hydrogens is 410 g/mol. The molecule has 0 radical (unpaired) electrons. The fraction of sp³-hybridized carbons (Fsp3) is 0.100. The van der Waals surface area contributed by atoms with Crippen molar-refractivity contribution < 1.29 is 4.79 Å². The lowest BCUT2D eigenvalue weighted by Crippen LogP contribution is -2.23. The number of benzene rings is 2. The number of nitrogens with one attached hydrogen (secondary N) is 2. The van der Waals surface area contributed by atoms with Crippen molar-refractivity contribution in [2.45, 2.75) is 17.3 Å². The Labute approximate surface area is 175 Å². The molecule has 4 rings (SSSR count). The summed E-state index contributed by atoms with van der Waals surface area (Å²) in [6.45, 7) is 1.74. The summed E-state index contributed by atoms with van der Waals surface area (Å²) in [4.78, 5) is 32.2. The number of nitrogens with zero attached hydrogens (tertiary/aromatic N) is 3. The molecule has 0 unspecified atom stereocenters. The molecule has 2 heterocycles. The van der Waals surface area contributed by atoms with Crippen LogP contribution in [0.4, 0.5) is 5.69 Å². The monoisotopic (exact) mass is 425 g/mol. The lowest BCUT2D eigenvalue weighted by Gasteiger charge is -2.11. The van der Waals surface area contributed by atoms with Gasteiger partial charge in [-0.1, -0.05) is 41.6 Å². The Kier molecular flexibility index (Phi) is 5.37. The van der Waals surface area contributed by atoms with Crippen molar-refractivity contribution in [2.75, 3.05) is 5.32 Å². The highest BCUT2D eigenvalue weighted by Crippen LogP contribution is 2.23. The van der Waals surface area contributed by atoms with Crippen molar-refractivity contribution in [3.8, 4) is 5.69 Å². The largest absolute Gasteiger partial charge is 0.325 e. The summed E-state index contributed by atoms with van der Waals surface area (Å²) in [5, 5.41) is 7.94. The molecule has 0 aliphatic rings. The molecule has 146 valence electrons. The lowest BCUT2D eigenvalue weighted by atomic mass is 10.3. The van der Waals surface area contributed by atoms with Crippen molar-refractivity contribution in [2.24, 2.45) is 0 Å². The zero-order chi connectivity index (χ0) is 20.4. The van der Waals surface area contributed by atoms with Crippen molar-refractivity contribution in [3.05, 3.63) is 76.2 Å². The molecule has 9 heteroatoms. The normalized spacial score (nSPS) is 12.1. The fourth-order valence-electron chi connectivity index (χ4n) is 2.71. The molecule has 0 spiro atoms. The van der Waals surface area contributed by atoms with E-state index in [0.717, 1.165) is 17.4 Å². The van der Waals surface area contributed by atoms with E-state index in [2.05, 4.69) is 20.4 Å². The second-order valence-corrected chi connectivity index (χ2v) is 8.02. The van der Waals surface area contributed by atoms with Gasteiger partial charge in [-0.25, -0.2) is 9.67 Å². The average molecular weight is 426 g/mol. The molecule has 0 aliphatic carbocycles. The van der Waals surface area contributed by atoms with Crippen LogP contribution in [0.3, 0.4) is 0 Å². The third kappa shape index (κ3) is 4.18. The van der Waals surface area contributed by atoms with Crippen molar-refractivity contribution in [3.63, 3.8) is 0 Å². The summed E-state index contributed by atoms with van der Waals surface area (Å²) < 4.78 is 1.60. The number of fused-ring (bicyclic) bond motifs is 1. The maximum Gasteiger partial charge on any atom is 0.262 e. The number of para-hydroxylation sites is 1. The molecule has 1 amide bonds. The topological polar surface area (TPSA) is 92.7 Å². The number of hydrogen-bond donors (Lipinski definition) is 2. The van der Waals surface area contributed by atoms with Crippen molar-refractivity contribution in [1.82, 2.24) is 19.7 Å². The lowest BCUT2D eigenvalue weighted by molar-refractivity contribution is -0.115. The Balaban J connectivity index is 1.58. The maximum absolute atomic E-state index is 12.5. The third-order valence-electron chi connectivity index (χ3n) is 4.19. The predicted octanol–water partition coefficient (Wildman–Crippen LogP) is 3.88. The second kappa shape index (κ2) is 8.10. The standard InChI is InChI=1S/C20H16ClN5O2S/c1-12(18(27)23-14-9-7-13(21)8-10-14)29-20-24-17-16(19(28)25-20)11-22-26(17)15-5-3-2-4-6-15/h2-12H,1H3,(H,23,27)(H,24,25,28)/t12-/m1/s1. The Morgan fingerprint density at radius 2 is 1.90 bits per heavy atom. The molecule has 0 bridgehead atoms. The van der Waals surface area contributed by atoms with Crippen LogP contribution in [0.5, 0.6) is 0 Å². The molecule has 29 heavy (non-hydrogen) atoms. The van der Waals surface area contributed by atoms with Crippen molar-refractivity contribution >= 4 is 46.0 Å². The molecule has 4 aromatic rings. The van der Waals surface area contributed by atoms with Crippen LogP contribution in [0.15, 0.2) is 70.7 Å². The van der Waals surface area contributed by atoms with Crippen LogP contribution >= 0.6 is 23.4 Å². The van der Waals surface area contributed by atoms with E-state index >= 15 is 0 Å². The summed E-state index contributed by atoms with van der Waals surface area (Å²) in [6.07, 6.45) is 1.49. The molecule has 0 saturated heterocycles. The molecule has 0 saturated carbocycles. The first-order valence-corrected chi connectivity index (χ1v) is 10.0. The minimum Gasteiger partial charge on any atom is -0.325 e. The third-order valence-corrected chi connectivity index (χ3v) is 5.42. The van der Waals surface area contributed by atoms with E-state index in [-0.39, 0.29) is 11.5 Å². The highest BCUT2D eigenvalue weighted by Gasteiger charge is 2.18. The van der Waals surface area contributed by atoms with Gasteiger partial charge in [0.15, 0.2) is 10.8 Å². The van der Waals surface area contributed by atoms with Crippen molar-refractivity contribution in [1.29, 1.82) is 0 Å². The van der Waals surface area contributed by atoms with Crippen LogP contribution in [0.25, 0.3) is 16.7 Å². The number of carbonyl (C=O) groups is 1. The molecule has 0 fully saturated rings. The molecular formula is C20H16ClN5O2S. The van der Waals surface area contributed by atoms with E-state index in [1.54, 1.807) is 35.9 Å². The van der Waals surface area contributed by atoms with Crippen LogP contribution in [0.1, 0.15) is 6.92 Å². The van der Waals surface area contributed by atoms with E-state index < -0.39 is 5.25 Å². The zero-order valence-electron chi connectivity index (χ0n) is 15.3. The molecule has 0 aliphatic heterocycles. The summed E-state index contributed by atoms with van der Waals surface area (Å²) in [6, 6.07) is 16.3. The van der Waals surface area contributed by atoms with Gasteiger partial charge in [-0.05, 0) is 43.3 Å². The Hall–Kier alpha value is -3.10. The van der Waals surface area contributed by atoms with Gasteiger partial charge < -0.3 is 10.3 Å². The molecule has 7 nitrogen and oxygen atoms in total. The van der Waals surface area contributed by atoms with Crippen LogP contribution in [-0.2, 0) is 4.79 Å². The Morgan fingerprint density at radius 3 is 2.62 bits per heavy atom. The van der Waals surface area contributed by atoms with Crippen LogP contribution in [-0.4, -0.2) is 30.9 Å². The number of rotatable bonds is 5. The van der Waals surface area contributed by atoms with Gasteiger partial charge in [-0.2, -0.15) is 5.10 Å². The van der Waals surface area contributed by atoms with Gasteiger partial charge in [0.25, 0.3) is 5.56 Å². The Morgan fingerprint density at radius 1 is 1.17 bits per heavy atom. The average Bonchev–Trinajstić information content (AvgIpc) is 3.15. The molecule has 1 atom stereocenters. The number of aromatic amines is 1. The van der Waals surface area contributed by atoms with E-state index in [9.17, 15) is 9.59 Å². The van der Waals surface area contributed by atoms with Gasteiger partial charge in [0, 0.05) is 10.7 Å². The van der Waals surface area contributed by atoms with Crippen LogP contribution in [0.2, 0.25) is 5.02 Å². The number of anilines is 1. The van der Waals surface area contributed by atoms with Gasteiger partial charge in [0.1, 0.15) is 5.39 Å². The number of thioether (sulfide) groups is 1. The van der Waals surface area contributed by atoms with E-state index in [0.29, 0.717) is 26.9 Å². The van der Waals surface area contributed by atoms with E-state index in [4.69, 9.17) is 11.6 Å². The van der Waals surface area contributed by atoms with E-state index in [1.165, 1.54) is 6.20 Å². The number of carbonyl (C=O) groups excluding carboxylic acids is 1. The number of halogens is 1. The van der Waals surface area contributed by atoms with Crippen LogP contribution < -0.4 is 10.9 Å².